The molecule has 4 nitrogen and oxygen atoms in total. The van der Waals surface area contributed by atoms with Crippen molar-refractivity contribution in [2.24, 2.45) is 0 Å². The minimum atomic E-state index is -1.35. The zero-order valence-corrected chi connectivity index (χ0v) is 11.2. The van der Waals surface area contributed by atoms with Crippen molar-refractivity contribution >= 4 is 28.2 Å². The number of para-hydroxylation sites is 1. The molecule has 0 atom stereocenters. The third-order valence-corrected chi connectivity index (χ3v) is 3.19. The second kappa shape index (κ2) is 5.40. The molecule has 0 saturated heterocycles. The Morgan fingerprint density at radius 3 is 2.68 bits per heavy atom. The average Bonchev–Trinajstić information content (AvgIpc) is 2.51. The summed E-state index contributed by atoms with van der Waals surface area (Å²) in [5.41, 5.74) is 0.327. The van der Waals surface area contributed by atoms with E-state index in [1.54, 1.807) is 6.07 Å². The zero-order chi connectivity index (χ0) is 15.7. The second-order valence-electron chi connectivity index (χ2n) is 4.63. The van der Waals surface area contributed by atoms with Crippen LogP contribution in [0.4, 0.5) is 20.2 Å². The summed E-state index contributed by atoms with van der Waals surface area (Å²) in [4.78, 5) is 15.3. The molecule has 2 aromatic carbocycles. The van der Waals surface area contributed by atoms with Gasteiger partial charge in [0.1, 0.15) is 0 Å². The molecule has 0 unspecified atom stereocenters. The summed E-state index contributed by atoms with van der Waals surface area (Å²) in [6.45, 7) is 0. The number of pyridine rings is 1. The predicted octanol–water partition coefficient (Wildman–Crippen LogP) is 3.95. The number of carbonyl (C=O) groups is 1. The molecular formula is C16H10F2N2O2. The van der Waals surface area contributed by atoms with Crippen molar-refractivity contribution in [2.45, 2.75) is 0 Å². The lowest BCUT2D eigenvalue weighted by Gasteiger charge is -2.11. The quantitative estimate of drug-likeness (QED) is 0.768. The van der Waals surface area contributed by atoms with Crippen molar-refractivity contribution in [2.75, 3.05) is 5.32 Å². The van der Waals surface area contributed by atoms with Gasteiger partial charge in [0.05, 0.1) is 28.7 Å². The van der Waals surface area contributed by atoms with Crippen molar-refractivity contribution in [1.29, 1.82) is 0 Å². The standard InChI is InChI=1S/C16H10F2N2O2/c17-12-6-5-11(16(21)22)15(14(12)18)20-10-7-9-3-1-2-4-13(9)19-8-10/h1-8,20H,(H,21,22). The van der Waals surface area contributed by atoms with E-state index in [0.717, 1.165) is 23.0 Å². The van der Waals surface area contributed by atoms with E-state index in [1.165, 1.54) is 6.20 Å². The molecule has 6 heteroatoms. The van der Waals surface area contributed by atoms with E-state index < -0.39 is 23.3 Å². The fourth-order valence-electron chi connectivity index (χ4n) is 2.13. The van der Waals surface area contributed by atoms with Crippen LogP contribution in [0.25, 0.3) is 10.9 Å². The minimum absolute atomic E-state index is 0.355. The number of anilines is 2. The molecule has 0 aliphatic carbocycles. The van der Waals surface area contributed by atoms with Gasteiger partial charge in [0, 0.05) is 5.39 Å². The van der Waals surface area contributed by atoms with Crippen LogP contribution in [0.3, 0.4) is 0 Å². The number of benzene rings is 2. The fourth-order valence-corrected chi connectivity index (χ4v) is 2.13. The van der Waals surface area contributed by atoms with Crippen molar-refractivity contribution in [3.63, 3.8) is 0 Å². The van der Waals surface area contributed by atoms with Gasteiger partial charge in [-0.1, -0.05) is 18.2 Å². The Hall–Kier alpha value is -3.02. The zero-order valence-electron chi connectivity index (χ0n) is 11.2. The molecule has 1 aromatic heterocycles. The molecule has 110 valence electrons. The van der Waals surface area contributed by atoms with E-state index in [2.05, 4.69) is 10.3 Å². The number of carboxylic acid groups (broad SMARTS) is 1. The van der Waals surface area contributed by atoms with Crippen LogP contribution in [0.5, 0.6) is 0 Å². The Kier molecular flexibility index (Phi) is 3.42. The van der Waals surface area contributed by atoms with E-state index in [4.69, 9.17) is 5.11 Å². The first kappa shape index (κ1) is 13.9. The van der Waals surface area contributed by atoms with Gasteiger partial charge in [-0.15, -0.1) is 0 Å². The van der Waals surface area contributed by atoms with Gasteiger partial charge in [-0.25, -0.2) is 13.6 Å². The van der Waals surface area contributed by atoms with Crippen LogP contribution in [0, 0.1) is 11.6 Å². The Morgan fingerprint density at radius 2 is 1.91 bits per heavy atom. The van der Waals surface area contributed by atoms with Crippen LogP contribution in [0.2, 0.25) is 0 Å². The maximum absolute atomic E-state index is 13.9. The van der Waals surface area contributed by atoms with E-state index in [9.17, 15) is 13.6 Å². The Morgan fingerprint density at radius 1 is 1.14 bits per heavy atom. The van der Waals surface area contributed by atoms with Crippen LogP contribution in [0.15, 0.2) is 48.7 Å². The summed E-state index contributed by atoms with van der Waals surface area (Å²) in [5.74, 6) is -3.72. The number of aromatic carboxylic acids is 1. The van der Waals surface area contributed by atoms with Gasteiger partial charge in [0.25, 0.3) is 0 Å². The van der Waals surface area contributed by atoms with Crippen molar-refractivity contribution in [3.05, 3.63) is 65.9 Å². The molecule has 0 saturated carbocycles. The van der Waals surface area contributed by atoms with Gasteiger partial charge in [-0.05, 0) is 24.3 Å². The van der Waals surface area contributed by atoms with Crippen LogP contribution < -0.4 is 5.32 Å². The summed E-state index contributed by atoms with van der Waals surface area (Å²) in [7, 11) is 0. The molecule has 0 bridgehead atoms. The Balaban J connectivity index is 2.08. The number of hydrogen-bond acceptors (Lipinski definition) is 3. The normalized spacial score (nSPS) is 10.6. The molecule has 3 rings (SSSR count). The van der Waals surface area contributed by atoms with Gasteiger partial charge in [0.15, 0.2) is 11.6 Å². The number of rotatable bonds is 3. The fraction of sp³-hybridized carbons (Fsp3) is 0. The largest absolute Gasteiger partial charge is 0.478 e. The van der Waals surface area contributed by atoms with Gasteiger partial charge in [-0.3, -0.25) is 4.98 Å². The summed E-state index contributed by atoms with van der Waals surface area (Å²) >= 11 is 0. The van der Waals surface area contributed by atoms with E-state index in [-0.39, 0.29) is 5.56 Å². The minimum Gasteiger partial charge on any atom is -0.478 e. The molecule has 3 aromatic rings. The lowest BCUT2D eigenvalue weighted by atomic mass is 10.1. The van der Waals surface area contributed by atoms with Crippen molar-refractivity contribution < 1.29 is 18.7 Å². The molecule has 0 radical (unpaired) electrons. The first-order valence-corrected chi connectivity index (χ1v) is 6.39. The number of hydrogen-bond donors (Lipinski definition) is 2. The number of nitrogens with zero attached hydrogens (tertiary/aromatic N) is 1. The van der Waals surface area contributed by atoms with Crippen LogP contribution in [-0.2, 0) is 0 Å². The molecule has 0 fully saturated rings. The highest BCUT2D eigenvalue weighted by molar-refractivity contribution is 5.95. The Bertz CT molecular complexity index is 881. The molecular weight excluding hydrogens is 290 g/mol. The smallest absolute Gasteiger partial charge is 0.337 e. The van der Waals surface area contributed by atoms with Crippen LogP contribution >= 0.6 is 0 Å². The molecule has 0 aliphatic heterocycles. The molecule has 2 N–H and O–H groups in total. The van der Waals surface area contributed by atoms with Gasteiger partial charge >= 0.3 is 5.97 Å². The topological polar surface area (TPSA) is 62.2 Å². The number of aromatic nitrogens is 1. The van der Waals surface area contributed by atoms with E-state index >= 15 is 0 Å². The van der Waals surface area contributed by atoms with E-state index in [0.29, 0.717) is 5.69 Å². The third-order valence-electron chi connectivity index (χ3n) is 3.19. The highest BCUT2D eigenvalue weighted by Gasteiger charge is 2.18. The number of carboxylic acids is 1. The Labute approximate surface area is 124 Å². The van der Waals surface area contributed by atoms with Gasteiger partial charge in [0.2, 0.25) is 0 Å². The van der Waals surface area contributed by atoms with E-state index in [1.807, 2.05) is 24.3 Å². The molecule has 0 spiro atoms. The van der Waals surface area contributed by atoms with Crippen molar-refractivity contribution in [1.82, 2.24) is 4.98 Å². The first-order valence-electron chi connectivity index (χ1n) is 6.39. The van der Waals surface area contributed by atoms with Crippen molar-refractivity contribution in [3.8, 4) is 0 Å². The third kappa shape index (κ3) is 2.46. The summed E-state index contributed by atoms with van der Waals surface area (Å²) < 4.78 is 27.3. The predicted molar refractivity (Wildman–Crippen MR) is 78.3 cm³/mol. The van der Waals surface area contributed by atoms with Gasteiger partial charge < -0.3 is 10.4 Å². The lowest BCUT2D eigenvalue weighted by Crippen LogP contribution is -2.06. The molecule has 1 heterocycles. The SMILES string of the molecule is O=C(O)c1ccc(F)c(F)c1Nc1cnc2ccccc2c1. The number of fused-ring (bicyclic) bond motifs is 1. The molecule has 0 aliphatic rings. The maximum atomic E-state index is 13.9. The maximum Gasteiger partial charge on any atom is 0.337 e. The number of halogens is 2. The highest BCUT2D eigenvalue weighted by atomic mass is 19.2. The molecule has 0 amide bonds. The second-order valence-corrected chi connectivity index (χ2v) is 4.63. The monoisotopic (exact) mass is 300 g/mol. The van der Waals surface area contributed by atoms with Gasteiger partial charge in [-0.2, -0.15) is 0 Å². The summed E-state index contributed by atoms with van der Waals surface area (Å²) in [6.07, 6.45) is 1.43. The molecule has 22 heavy (non-hydrogen) atoms. The van der Waals surface area contributed by atoms with Crippen LogP contribution in [-0.4, -0.2) is 16.1 Å². The average molecular weight is 300 g/mol. The summed E-state index contributed by atoms with van der Waals surface area (Å²) in [6, 6.07) is 10.7. The highest BCUT2D eigenvalue weighted by Crippen LogP contribution is 2.27. The lowest BCUT2D eigenvalue weighted by molar-refractivity contribution is 0.0697. The van der Waals surface area contributed by atoms with Crippen LogP contribution in [0.1, 0.15) is 10.4 Å². The summed E-state index contributed by atoms with van der Waals surface area (Å²) in [5, 5.41) is 12.5. The number of nitrogens with one attached hydrogen (secondary N) is 1. The first-order chi connectivity index (χ1) is 10.6.